The van der Waals surface area contributed by atoms with Crippen molar-refractivity contribution in [2.45, 2.75) is 22.3 Å². The minimum absolute atomic E-state index is 0.110. The largest absolute Gasteiger partial charge is 0.253 e. The number of rotatable bonds is 10. The molecule has 3 aromatic carbocycles. The van der Waals surface area contributed by atoms with Gasteiger partial charge in [-0.3, -0.25) is 0 Å². The summed E-state index contributed by atoms with van der Waals surface area (Å²) in [7, 11) is -8.50. The van der Waals surface area contributed by atoms with Crippen molar-refractivity contribution in [2.75, 3.05) is 0 Å². The van der Waals surface area contributed by atoms with Crippen LogP contribution in [0.5, 0.6) is 0 Å². The molecule has 3 rings (SSSR count). The topological polar surface area (TPSA) is 83.6 Å². The van der Waals surface area contributed by atoms with Crippen molar-refractivity contribution in [3.8, 4) is 0 Å². The van der Waals surface area contributed by atoms with E-state index in [0.717, 1.165) is 6.08 Å². The van der Waals surface area contributed by atoms with Crippen molar-refractivity contribution in [3.63, 3.8) is 0 Å². The predicted molar refractivity (Wildman–Crippen MR) is 124 cm³/mol. The number of hydrogen-bond acceptors (Lipinski definition) is 5. The number of hydrogen-bond donors (Lipinski definition) is 1. The van der Waals surface area contributed by atoms with E-state index in [1.165, 1.54) is 48.5 Å². The first-order valence-corrected chi connectivity index (χ1v) is 13.3. The Morgan fingerprint density at radius 2 is 1.38 bits per heavy atom. The first kappa shape index (κ1) is 26.0. The number of nitrogens with zero attached hydrogens (tertiary/aromatic N) is 1. The molecule has 1 atom stereocenters. The second-order valence-corrected chi connectivity index (χ2v) is 11.7. The molecule has 0 aliphatic heterocycles. The van der Waals surface area contributed by atoms with Crippen LogP contribution in [-0.4, -0.2) is 26.6 Å². The lowest BCUT2D eigenvalue weighted by atomic mass is 10.1. The zero-order chi connectivity index (χ0) is 24.9. The summed E-state index contributed by atoms with van der Waals surface area (Å²) in [5, 5.41) is 0. The first-order chi connectivity index (χ1) is 16.1. The highest BCUT2D eigenvalue weighted by Gasteiger charge is 2.33. The highest BCUT2D eigenvalue weighted by Crippen LogP contribution is 2.29. The Kier molecular flexibility index (Phi) is 8.21. The standard InChI is InChI=1S/C22H19F3N2O4S3/c1-2-17(13-16-14-21(24)22(25)15-20(16)23)27(34(30,31)19-11-7-4-8-12-19)32-26-33(28,29)18-9-5-3-6-10-18/h2-12,14-15,17,26H,1,13H2/t17-/m1/s1. The molecule has 0 heterocycles. The van der Waals surface area contributed by atoms with Crippen molar-refractivity contribution in [3.05, 3.63) is 108 Å². The van der Waals surface area contributed by atoms with Crippen LogP contribution >= 0.6 is 12.1 Å². The molecule has 0 unspecified atom stereocenters. The highest BCUT2D eigenvalue weighted by molar-refractivity contribution is 8.13. The zero-order valence-electron chi connectivity index (χ0n) is 17.4. The first-order valence-electron chi connectivity index (χ1n) is 9.65. The van der Waals surface area contributed by atoms with E-state index in [2.05, 4.69) is 10.7 Å². The van der Waals surface area contributed by atoms with Gasteiger partial charge in [-0.15, -0.1) is 14.4 Å². The van der Waals surface area contributed by atoms with Gasteiger partial charge in [-0.25, -0.2) is 30.0 Å². The minimum Gasteiger partial charge on any atom is -0.207 e. The Morgan fingerprint density at radius 1 is 0.853 bits per heavy atom. The summed E-state index contributed by atoms with van der Waals surface area (Å²) >= 11 is 0.236. The second-order valence-electron chi connectivity index (χ2n) is 6.93. The van der Waals surface area contributed by atoms with Gasteiger partial charge < -0.3 is 0 Å². The Bertz CT molecular complexity index is 1370. The summed E-state index contributed by atoms with van der Waals surface area (Å²) in [6.07, 6.45) is 0.698. The van der Waals surface area contributed by atoms with Crippen LogP contribution in [0.3, 0.4) is 0 Å². The molecule has 12 heteroatoms. The van der Waals surface area contributed by atoms with Crippen LogP contribution < -0.4 is 4.13 Å². The number of sulfonamides is 2. The van der Waals surface area contributed by atoms with E-state index in [1.54, 1.807) is 12.1 Å². The van der Waals surface area contributed by atoms with E-state index in [-0.39, 0.29) is 27.5 Å². The molecular weight excluding hydrogens is 509 g/mol. The second kappa shape index (κ2) is 10.7. The van der Waals surface area contributed by atoms with Gasteiger partial charge in [0.25, 0.3) is 20.0 Å². The van der Waals surface area contributed by atoms with Crippen LogP contribution in [0.4, 0.5) is 13.2 Å². The van der Waals surface area contributed by atoms with Gasteiger partial charge >= 0.3 is 0 Å². The van der Waals surface area contributed by atoms with Gasteiger partial charge in [-0.2, -0.15) is 0 Å². The highest BCUT2D eigenvalue weighted by atomic mass is 32.3. The Morgan fingerprint density at radius 3 is 1.94 bits per heavy atom. The van der Waals surface area contributed by atoms with E-state index in [4.69, 9.17) is 0 Å². The lowest BCUT2D eigenvalue weighted by molar-refractivity contribution is 0.475. The Labute approximate surface area is 200 Å². The monoisotopic (exact) mass is 528 g/mol. The van der Waals surface area contributed by atoms with Gasteiger partial charge in [0.2, 0.25) is 0 Å². The number of benzene rings is 3. The molecular formula is C22H19F3N2O4S3. The summed E-state index contributed by atoms with van der Waals surface area (Å²) in [6, 6.07) is 14.1. The van der Waals surface area contributed by atoms with Crippen LogP contribution in [0.1, 0.15) is 5.56 Å². The van der Waals surface area contributed by atoms with Crippen LogP contribution in [0.2, 0.25) is 0 Å². The van der Waals surface area contributed by atoms with Crippen LogP contribution in [0.15, 0.2) is 95.2 Å². The maximum atomic E-state index is 14.3. The average molecular weight is 529 g/mol. The maximum absolute atomic E-state index is 14.3. The van der Waals surface area contributed by atoms with Crippen molar-refractivity contribution in [1.29, 1.82) is 0 Å². The molecule has 0 radical (unpaired) electrons. The summed E-state index contributed by atoms with van der Waals surface area (Å²) in [6.45, 7) is 3.57. The summed E-state index contributed by atoms with van der Waals surface area (Å²) in [5.41, 5.74) is -0.316. The van der Waals surface area contributed by atoms with Gasteiger partial charge in [-0.05, 0) is 42.3 Å². The third-order valence-corrected chi connectivity index (χ3v) is 9.57. The number of nitrogens with one attached hydrogen (secondary N) is 1. The van der Waals surface area contributed by atoms with Crippen molar-refractivity contribution in [1.82, 2.24) is 7.84 Å². The molecule has 0 aliphatic rings. The zero-order valence-corrected chi connectivity index (χ0v) is 19.9. The van der Waals surface area contributed by atoms with Gasteiger partial charge in [0.1, 0.15) is 5.82 Å². The van der Waals surface area contributed by atoms with Crippen molar-refractivity contribution >= 4 is 32.2 Å². The molecule has 0 aliphatic carbocycles. The fraction of sp³-hybridized carbons (Fsp3) is 0.0909. The van der Waals surface area contributed by atoms with E-state index in [1.807, 2.05) is 0 Å². The van der Waals surface area contributed by atoms with Gasteiger partial charge in [0.05, 0.1) is 15.8 Å². The van der Waals surface area contributed by atoms with E-state index in [9.17, 15) is 30.0 Å². The molecule has 0 amide bonds. The lowest BCUT2D eigenvalue weighted by Gasteiger charge is -2.27. The van der Waals surface area contributed by atoms with E-state index < -0.39 is 50.0 Å². The smallest absolute Gasteiger partial charge is 0.207 e. The van der Waals surface area contributed by atoms with Crippen LogP contribution in [0, 0.1) is 17.5 Å². The Balaban J connectivity index is 2.00. The number of halogens is 3. The molecule has 0 aromatic heterocycles. The molecule has 180 valence electrons. The minimum atomic E-state index is -4.36. The van der Waals surface area contributed by atoms with Crippen molar-refractivity contribution in [2.24, 2.45) is 0 Å². The molecule has 0 saturated heterocycles. The summed E-state index contributed by atoms with van der Waals surface area (Å²) in [5.74, 6) is -3.79. The Hall–Kier alpha value is -2.64. The molecule has 3 aromatic rings. The molecule has 0 saturated carbocycles. The summed E-state index contributed by atoms with van der Waals surface area (Å²) < 4.78 is 96.3. The predicted octanol–water partition coefficient (Wildman–Crippen LogP) is 4.43. The molecule has 1 N–H and O–H groups in total. The van der Waals surface area contributed by atoms with E-state index in [0.29, 0.717) is 15.8 Å². The van der Waals surface area contributed by atoms with Gasteiger partial charge in [-0.1, -0.05) is 42.5 Å². The lowest BCUT2D eigenvalue weighted by Crippen LogP contribution is -2.38. The third kappa shape index (κ3) is 5.88. The fourth-order valence-corrected chi connectivity index (χ4v) is 6.95. The molecule has 0 bridgehead atoms. The quantitative estimate of drug-likeness (QED) is 0.239. The van der Waals surface area contributed by atoms with Crippen LogP contribution in [0.25, 0.3) is 0 Å². The molecule has 0 spiro atoms. The maximum Gasteiger partial charge on any atom is 0.253 e. The SMILES string of the molecule is C=C[C@H](Cc1cc(F)c(F)cc1F)N(SNS(=O)(=O)c1ccccc1)S(=O)(=O)c1ccccc1. The fourth-order valence-electron chi connectivity index (χ4n) is 2.91. The molecule has 34 heavy (non-hydrogen) atoms. The van der Waals surface area contributed by atoms with Crippen LogP contribution in [-0.2, 0) is 26.5 Å². The van der Waals surface area contributed by atoms with Gasteiger partial charge in [0, 0.05) is 18.2 Å². The molecule has 6 nitrogen and oxygen atoms in total. The molecule has 0 fully saturated rings. The third-order valence-electron chi connectivity index (χ3n) is 4.63. The normalized spacial score (nSPS) is 13.1. The summed E-state index contributed by atoms with van der Waals surface area (Å²) in [4.78, 5) is -0.277. The average Bonchev–Trinajstić information content (AvgIpc) is 2.82. The van der Waals surface area contributed by atoms with Gasteiger partial charge in [0.15, 0.2) is 11.6 Å². The van der Waals surface area contributed by atoms with Crippen molar-refractivity contribution < 1.29 is 30.0 Å². The van der Waals surface area contributed by atoms with E-state index >= 15 is 0 Å².